The Bertz CT molecular complexity index is 507. The normalized spacial score (nSPS) is 19.1. The van der Waals surface area contributed by atoms with Crippen LogP contribution in [-0.2, 0) is 11.3 Å². The molecule has 0 aromatic heterocycles. The molecule has 1 amide bonds. The number of rotatable bonds is 5. The van der Waals surface area contributed by atoms with Gasteiger partial charge in [-0.25, -0.2) is 0 Å². The predicted molar refractivity (Wildman–Crippen MR) is 79.6 cm³/mol. The second-order valence-electron chi connectivity index (χ2n) is 4.64. The summed E-state index contributed by atoms with van der Waals surface area (Å²) >= 11 is 3.53. The van der Waals surface area contributed by atoms with E-state index in [0.29, 0.717) is 18.0 Å². The van der Waals surface area contributed by atoms with Crippen LogP contribution in [0.25, 0.3) is 0 Å². The summed E-state index contributed by atoms with van der Waals surface area (Å²) in [6.45, 7) is 1.46. The molecule has 1 aromatic rings. The molecule has 0 bridgehead atoms. The lowest BCUT2D eigenvalue weighted by Gasteiger charge is -2.23. The lowest BCUT2D eigenvalue weighted by Crippen LogP contribution is -2.40. The number of primary amides is 1. The number of likely N-dealkylation sites (tertiary alicyclic amines) is 1. The summed E-state index contributed by atoms with van der Waals surface area (Å²) in [5.41, 5.74) is 6.44. The summed E-state index contributed by atoms with van der Waals surface area (Å²) in [7, 11) is 3.20. The minimum absolute atomic E-state index is 0.296. The average Bonchev–Trinajstić information content (AvgIpc) is 2.88. The molecule has 1 aliphatic rings. The minimum atomic E-state index is -0.306. The highest BCUT2D eigenvalue weighted by molar-refractivity contribution is 9.10. The van der Waals surface area contributed by atoms with E-state index < -0.39 is 0 Å². The van der Waals surface area contributed by atoms with Crippen molar-refractivity contribution in [1.82, 2.24) is 4.90 Å². The molecule has 1 fully saturated rings. The van der Waals surface area contributed by atoms with Crippen molar-refractivity contribution in [3.05, 3.63) is 28.6 Å². The van der Waals surface area contributed by atoms with Crippen LogP contribution in [0.15, 0.2) is 16.6 Å². The summed E-state index contributed by atoms with van der Waals surface area (Å²) < 4.78 is 11.5. The van der Waals surface area contributed by atoms with Crippen LogP contribution < -0.4 is 15.2 Å². The molecule has 1 unspecified atom stereocenters. The van der Waals surface area contributed by atoms with Crippen molar-refractivity contribution in [2.45, 2.75) is 19.0 Å². The molecule has 1 aromatic carbocycles. The van der Waals surface area contributed by atoms with Crippen molar-refractivity contribution < 1.29 is 14.3 Å². The lowest BCUT2D eigenvalue weighted by atomic mass is 10.1. The van der Waals surface area contributed by atoms with E-state index in [1.165, 1.54) is 0 Å². The molecular formula is C14H18BrN2O3. The first kappa shape index (κ1) is 15.1. The molecule has 5 nitrogen and oxygen atoms in total. The molecule has 20 heavy (non-hydrogen) atoms. The third-order valence-electron chi connectivity index (χ3n) is 3.42. The zero-order valence-electron chi connectivity index (χ0n) is 11.6. The molecular weight excluding hydrogens is 324 g/mol. The number of nitrogens with two attached hydrogens (primary N) is 1. The van der Waals surface area contributed by atoms with Gasteiger partial charge in [0, 0.05) is 11.0 Å². The predicted octanol–water partition coefficient (Wildman–Crippen LogP) is 1.73. The van der Waals surface area contributed by atoms with E-state index in [1.807, 2.05) is 23.5 Å². The summed E-state index contributed by atoms with van der Waals surface area (Å²) in [5.74, 6) is 1.03. The number of carbonyl (C=O) groups is 1. The van der Waals surface area contributed by atoms with Gasteiger partial charge in [0.25, 0.3) is 0 Å². The average molecular weight is 342 g/mol. The Morgan fingerprint density at radius 2 is 2.05 bits per heavy atom. The smallest absolute Gasteiger partial charge is 0.235 e. The van der Waals surface area contributed by atoms with Gasteiger partial charge >= 0.3 is 0 Å². The molecule has 6 heteroatoms. The fraction of sp³-hybridized carbons (Fsp3) is 0.429. The van der Waals surface area contributed by atoms with E-state index >= 15 is 0 Å². The Kier molecular flexibility index (Phi) is 4.88. The molecule has 1 saturated heterocycles. The minimum Gasteiger partial charge on any atom is -0.493 e. The first-order chi connectivity index (χ1) is 9.56. The first-order valence-corrected chi connectivity index (χ1v) is 7.13. The van der Waals surface area contributed by atoms with Crippen LogP contribution >= 0.6 is 15.9 Å². The highest BCUT2D eigenvalue weighted by atomic mass is 79.9. The molecule has 0 saturated carbocycles. The second kappa shape index (κ2) is 6.45. The van der Waals surface area contributed by atoms with Crippen LogP contribution in [0.5, 0.6) is 11.5 Å². The van der Waals surface area contributed by atoms with Crippen LogP contribution in [0.3, 0.4) is 0 Å². The Balaban J connectivity index is 2.23. The number of hydrogen-bond donors (Lipinski definition) is 1. The van der Waals surface area contributed by atoms with Gasteiger partial charge in [-0.05, 0) is 37.1 Å². The fourth-order valence-corrected chi connectivity index (χ4v) is 2.84. The van der Waals surface area contributed by atoms with Gasteiger partial charge in [-0.3, -0.25) is 9.69 Å². The van der Waals surface area contributed by atoms with Crippen molar-refractivity contribution in [1.29, 1.82) is 0 Å². The van der Waals surface area contributed by atoms with E-state index in [9.17, 15) is 4.79 Å². The molecule has 2 rings (SSSR count). The van der Waals surface area contributed by atoms with E-state index in [0.717, 1.165) is 23.0 Å². The lowest BCUT2D eigenvalue weighted by molar-refractivity contribution is -0.121. The van der Waals surface area contributed by atoms with Crippen LogP contribution in [-0.4, -0.2) is 37.6 Å². The molecule has 0 aliphatic carbocycles. The summed E-state index contributed by atoms with van der Waals surface area (Å²) in [4.78, 5) is 13.5. The third-order valence-corrected chi connectivity index (χ3v) is 4.16. The van der Waals surface area contributed by atoms with Crippen molar-refractivity contribution in [2.24, 2.45) is 5.73 Å². The SMILES string of the molecule is COc1cc(Br)c(CN2CC[CH]C2C(N)=O)cc1OC. The van der Waals surface area contributed by atoms with E-state index in [1.54, 1.807) is 14.2 Å². The zero-order chi connectivity index (χ0) is 14.7. The maximum atomic E-state index is 11.4. The Morgan fingerprint density at radius 1 is 1.40 bits per heavy atom. The van der Waals surface area contributed by atoms with E-state index in [-0.39, 0.29) is 11.9 Å². The summed E-state index contributed by atoms with van der Waals surface area (Å²) in [6.07, 6.45) is 2.83. The maximum Gasteiger partial charge on any atom is 0.235 e. The highest BCUT2D eigenvalue weighted by Gasteiger charge is 2.29. The molecule has 1 atom stereocenters. The van der Waals surface area contributed by atoms with E-state index in [4.69, 9.17) is 15.2 Å². The van der Waals surface area contributed by atoms with Gasteiger partial charge in [0.05, 0.1) is 20.3 Å². The van der Waals surface area contributed by atoms with Crippen LogP contribution in [0.2, 0.25) is 0 Å². The monoisotopic (exact) mass is 341 g/mol. The fourth-order valence-electron chi connectivity index (χ4n) is 2.40. The number of halogens is 1. The van der Waals surface area contributed by atoms with Crippen LogP contribution in [0.1, 0.15) is 12.0 Å². The topological polar surface area (TPSA) is 64.8 Å². The summed E-state index contributed by atoms with van der Waals surface area (Å²) in [6, 6.07) is 3.49. The first-order valence-electron chi connectivity index (χ1n) is 6.34. The number of carbonyl (C=O) groups excluding carboxylic acids is 1. The Morgan fingerprint density at radius 3 is 2.65 bits per heavy atom. The molecule has 0 spiro atoms. The number of ether oxygens (including phenoxy) is 2. The second-order valence-corrected chi connectivity index (χ2v) is 5.49. The van der Waals surface area contributed by atoms with Crippen molar-refractivity contribution >= 4 is 21.8 Å². The third kappa shape index (κ3) is 3.07. The number of methoxy groups -OCH3 is 2. The van der Waals surface area contributed by atoms with Gasteiger partial charge in [0.2, 0.25) is 5.91 Å². The number of hydrogen-bond acceptors (Lipinski definition) is 4. The molecule has 1 heterocycles. The molecule has 2 N–H and O–H groups in total. The number of amides is 1. The van der Waals surface area contributed by atoms with Crippen molar-refractivity contribution in [3.8, 4) is 11.5 Å². The van der Waals surface area contributed by atoms with Gasteiger partial charge < -0.3 is 15.2 Å². The molecule has 1 aliphatic heterocycles. The number of benzene rings is 1. The molecule has 109 valence electrons. The Labute approximate surface area is 127 Å². The van der Waals surface area contributed by atoms with Crippen LogP contribution in [0.4, 0.5) is 0 Å². The Hall–Kier alpha value is -1.27. The van der Waals surface area contributed by atoms with Gasteiger partial charge in [0.15, 0.2) is 11.5 Å². The van der Waals surface area contributed by atoms with Gasteiger partial charge in [-0.15, -0.1) is 0 Å². The van der Waals surface area contributed by atoms with Gasteiger partial charge in [-0.1, -0.05) is 15.9 Å². The highest BCUT2D eigenvalue weighted by Crippen LogP contribution is 2.34. The van der Waals surface area contributed by atoms with Gasteiger partial charge in [0.1, 0.15) is 0 Å². The van der Waals surface area contributed by atoms with Gasteiger partial charge in [-0.2, -0.15) is 0 Å². The van der Waals surface area contributed by atoms with Crippen molar-refractivity contribution in [2.75, 3.05) is 20.8 Å². The van der Waals surface area contributed by atoms with Crippen LogP contribution in [0, 0.1) is 6.42 Å². The zero-order valence-corrected chi connectivity index (χ0v) is 13.1. The standard InChI is InChI=1S/C14H18BrN2O3/c1-19-12-6-9(10(15)7-13(12)20-2)8-17-5-3-4-11(17)14(16)18/h4,6-7,11H,3,5,8H2,1-2H3,(H2,16,18). The van der Waals surface area contributed by atoms with E-state index in [2.05, 4.69) is 15.9 Å². The quantitative estimate of drug-likeness (QED) is 0.885. The largest absolute Gasteiger partial charge is 0.493 e. The van der Waals surface area contributed by atoms with Crippen molar-refractivity contribution in [3.63, 3.8) is 0 Å². The summed E-state index contributed by atoms with van der Waals surface area (Å²) in [5, 5.41) is 0. The maximum absolute atomic E-state index is 11.4. The number of nitrogens with zero attached hydrogens (tertiary/aromatic N) is 1. The molecule has 1 radical (unpaired) electrons.